The highest BCUT2D eigenvalue weighted by Crippen LogP contribution is 2.33. The second-order valence-corrected chi connectivity index (χ2v) is 7.40. The molecule has 3 unspecified atom stereocenters. The van der Waals surface area contributed by atoms with Gasteiger partial charge in [0.25, 0.3) is 0 Å². The third-order valence-electron chi connectivity index (χ3n) is 4.54. The molecule has 1 aromatic rings. The lowest BCUT2D eigenvalue weighted by molar-refractivity contribution is 0.109. The minimum atomic E-state index is -0.162. The second kappa shape index (κ2) is 5.66. The van der Waals surface area contributed by atoms with Gasteiger partial charge < -0.3 is 5.11 Å². The van der Waals surface area contributed by atoms with Gasteiger partial charge >= 0.3 is 0 Å². The molecule has 0 bridgehead atoms. The zero-order chi connectivity index (χ0) is 14.0. The van der Waals surface area contributed by atoms with Gasteiger partial charge in [0.15, 0.2) is 0 Å². The summed E-state index contributed by atoms with van der Waals surface area (Å²) in [6.07, 6.45) is 4.32. The molecule has 0 amide bonds. The highest BCUT2D eigenvalue weighted by molar-refractivity contribution is 5.27. The molecule has 3 atom stereocenters. The maximum atomic E-state index is 10.3. The van der Waals surface area contributed by atoms with E-state index in [4.69, 9.17) is 0 Å². The highest BCUT2D eigenvalue weighted by atomic mass is 16.3. The van der Waals surface area contributed by atoms with E-state index in [1.165, 1.54) is 30.4 Å². The van der Waals surface area contributed by atoms with E-state index in [9.17, 15) is 5.11 Å². The Morgan fingerprint density at radius 2 is 1.79 bits per heavy atom. The molecular weight excluding hydrogens is 232 g/mol. The molecule has 0 saturated heterocycles. The predicted octanol–water partition coefficient (Wildman–Crippen LogP) is 4.32. The molecule has 0 radical (unpaired) electrons. The summed E-state index contributed by atoms with van der Waals surface area (Å²) < 4.78 is 0. The molecule has 0 aliphatic heterocycles. The van der Waals surface area contributed by atoms with Crippen LogP contribution in [0.3, 0.4) is 0 Å². The number of aliphatic hydroxyl groups is 1. The van der Waals surface area contributed by atoms with E-state index in [0.29, 0.717) is 5.92 Å². The van der Waals surface area contributed by atoms with Gasteiger partial charge in [0.1, 0.15) is 0 Å². The van der Waals surface area contributed by atoms with Gasteiger partial charge in [0, 0.05) is 0 Å². The van der Waals surface area contributed by atoms with Gasteiger partial charge in [-0.3, -0.25) is 0 Å². The second-order valence-electron chi connectivity index (χ2n) is 7.40. The van der Waals surface area contributed by atoms with E-state index < -0.39 is 0 Å². The molecule has 0 spiro atoms. The SMILES string of the molecule is CC1CCC(C(O)Cc2ccc(C(C)(C)C)cc2)C1. The molecule has 1 saturated carbocycles. The average molecular weight is 260 g/mol. The largest absolute Gasteiger partial charge is 0.392 e. The van der Waals surface area contributed by atoms with E-state index >= 15 is 0 Å². The van der Waals surface area contributed by atoms with Crippen molar-refractivity contribution in [3.8, 4) is 0 Å². The first-order valence-electron chi connectivity index (χ1n) is 7.64. The maximum Gasteiger partial charge on any atom is 0.0608 e. The van der Waals surface area contributed by atoms with Crippen molar-refractivity contribution >= 4 is 0 Å². The molecule has 1 fully saturated rings. The van der Waals surface area contributed by atoms with E-state index in [-0.39, 0.29) is 11.5 Å². The first kappa shape index (κ1) is 14.6. The van der Waals surface area contributed by atoms with Crippen LogP contribution in [0, 0.1) is 11.8 Å². The monoisotopic (exact) mass is 260 g/mol. The fraction of sp³-hybridized carbons (Fsp3) is 0.667. The zero-order valence-electron chi connectivity index (χ0n) is 12.8. The Morgan fingerprint density at radius 1 is 1.16 bits per heavy atom. The van der Waals surface area contributed by atoms with Gasteiger partial charge in [-0.2, -0.15) is 0 Å². The minimum absolute atomic E-state index is 0.162. The van der Waals surface area contributed by atoms with Crippen LogP contribution in [0.5, 0.6) is 0 Å². The molecule has 1 N–H and O–H groups in total. The van der Waals surface area contributed by atoms with Gasteiger partial charge in [0.2, 0.25) is 0 Å². The van der Waals surface area contributed by atoms with Crippen molar-refractivity contribution in [2.75, 3.05) is 0 Å². The molecule has 1 aromatic carbocycles. The molecule has 1 heteroatoms. The molecule has 1 aliphatic rings. The molecular formula is C18H28O. The van der Waals surface area contributed by atoms with Crippen LogP contribution in [0.1, 0.15) is 58.1 Å². The molecule has 106 valence electrons. The van der Waals surface area contributed by atoms with E-state index in [2.05, 4.69) is 52.0 Å². The van der Waals surface area contributed by atoms with Crippen LogP contribution in [0.2, 0.25) is 0 Å². The Kier molecular flexibility index (Phi) is 4.35. The summed E-state index contributed by atoms with van der Waals surface area (Å²) in [6.45, 7) is 9.00. The Balaban J connectivity index is 1.96. The average Bonchev–Trinajstić information content (AvgIpc) is 2.75. The van der Waals surface area contributed by atoms with E-state index in [1.54, 1.807) is 0 Å². The Hall–Kier alpha value is -0.820. The summed E-state index contributed by atoms with van der Waals surface area (Å²) in [6, 6.07) is 8.78. The van der Waals surface area contributed by atoms with Crippen molar-refractivity contribution in [3.05, 3.63) is 35.4 Å². The lowest BCUT2D eigenvalue weighted by Crippen LogP contribution is -2.20. The Morgan fingerprint density at radius 3 is 2.26 bits per heavy atom. The summed E-state index contributed by atoms with van der Waals surface area (Å²) >= 11 is 0. The van der Waals surface area contributed by atoms with Crippen LogP contribution < -0.4 is 0 Å². The van der Waals surface area contributed by atoms with Gasteiger partial charge in [0.05, 0.1) is 6.10 Å². The van der Waals surface area contributed by atoms with Crippen LogP contribution in [-0.2, 0) is 11.8 Å². The Bertz CT molecular complexity index is 399. The first-order valence-corrected chi connectivity index (χ1v) is 7.64. The number of benzene rings is 1. The molecule has 2 rings (SSSR count). The van der Waals surface area contributed by atoms with Crippen molar-refractivity contribution in [2.24, 2.45) is 11.8 Å². The molecule has 0 heterocycles. The number of aliphatic hydroxyl groups excluding tert-OH is 1. The van der Waals surface area contributed by atoms with E-state index in [1.807, 2.05) is 0 Å². The van der Waals surface area contributed by atoms with Crippen molar-refractivity contribution in [1.29, 1.82) is 0 Å². The first-order chi connectivity index (χ1) is 8.86. The zero-order valence-corrected chi connectivity index (χ0v) is 12.8. The fourth-order valence-corrected chi connectivity index (χ4v) is 3.15. The summed E-state index contributed by atoms with van der Waals surface area (Å²) in [7, 11) is 0. The molecule has 1 nitrogen and oxygen atoms in total. The van der Waals surface area contributed by atoms with Gasteiger partial charge in [-0.1, -0.05) is 58.4 Å². The standard InChI is InChI=1S/C18H28O/c1-13-5-8-15(11-13)17(19)12-14-6-9-16(10-7-14)18(2,3)4/h6-7,9-10,13,15,17,19H,5,8,11-12H2,1-4H3. The van der Waals surface area contributed by atoms with Crippen LogP contribution in [0.4, 0.5) is 0 Å². The van der Waals surface area contributed by atoms with Crippen molar-refractivity contribution in [1.82, 2.24) is 0 Å². The normalized spacial score (nSPS) is 25.5. The fourth-order valence-electron chi connectivity index (χ4n) is 3.15. The summed E-state index contributed by atoms with van der Waals surface area (Å²) in [5, 5.41) is 10.3. The van der Waals surface area contributed by atoms with E-state index in [0.717, 1.165) is 12.3 Å². The number of hydrogen-bond donors (Lipinski definition) is 1. The Labute approximate surface area is 118 Å². The van der Waals surface area contributed by atoms with Gasteiger partial charge in [-0.05, 0) is 47.6 Å². The highest BCUT2D eigenvalue weighted by Gasteiger charge is 2.27. The van der Waals surface area contributed by atoms with Gasteiger partial charge in [-0.25, -0.2) is 0 Å². The van der Waals surface area contributed by atoms with Crippen LogP contribution >= 0.6 is 0 Å². The lowest BCUT2D eigenvalue weighted by Gasteiger charge is -2.21. The minimum Gasteiger partial charge on any atom is -0.392 e. The van der Waals surface area contributed by atoms with Crippen molar-refractivity contribution < 1.29 is 5.11 Å². The summed E-state index contributed by atoms with van der Waals surface area (Å²) in [5.74, 6) is 1.31. The quantitative estimate of drug-likeness (QED) is 0.858. The topological polar surface area (TPSA) is 20.2 Å². The predicted molar refractivity (Wildman–Crippen MR) is 81.4 cm³/mol. The van der Waals surface area contributed by atoms with Crippen molar-refractivity contribution in [3.63, 3.8) is 0 Å². The van der Waals surface area contributed by atoms with Crippen LogP contribution in [0.25, 0.3) is 0 Å². The lowest BCUT2D eigenvalue weighted by atomic mass is 9.86. The summed E-state index contributed by atoms with van der Waals surface area (Å²) in [5.41, 5.74) is 2.83. The van der Waals surface area contributed by atoms with Gasteiger partial charge in [-0.15, -0.1) is 0 Å². The maximum absolute atomic E-state index is 10.3. The number of hydrogen-bond acceptors (Lipinski definition) is 1. The van der Waals surface area contributed by atoms with Crippen LogP contribution in [-0.4, -0.2) is 11.2 Å². The van der Waals surface area contributed by atoms with Crippen molar-refractivity contribution in [2.45, 2.75) is 64.9 Å². The third kappa shape index (κ3) is 3.82. The summed E-state index contributed by atoms with van der Waals surface area (Å²) in [4.78, 5) is 0. The molecule has 1 aliphatic carbocycles. The van der Waals surface area contributed by atoms with Crippen LogP contribution in [0.15, 0.2) is 24.3 Å². The molecule has 19 heavy (non-hydrogen) atoms. The smallest absolute Gasteiger partial charge is 0.0608 e. The molecule has 0 aromatic heterocycles. The third-order valence-corrected chi connectivity index (χ3v) is 4.54. The number of rotatable bonds is 3.